The molecule has 1 rings (SSSR count). The Balaban J connectivity index is 2.70. The largest absolute Gasteiger partial charge is 0.476 e. The number of nitrogens with zero attached hydrogens (tertiary/aromatic N) is 1. The second-order valence-electron chi connectivity index (χ2n) is 3.98. The number of ether oxygens (including phenoxy) is 1. The van der Waals surface area contributed by atoms with Crippen LogP contribution < -0.4 is 10.1 Å². The van der Waals surface area contributed by atoms with Crippen LogP contribution in [0.1, 0.15) is 38.8 Å². The van der Waals surface area contributed by atoms with Gasteiger partial charge in [-0.25, -0.2) is 0 Å². The van der Waals surface area contributed by atoms with Crippen molar-refractivity contribution >= 4 is 0 Å². The van der Waals surface area contributed by atoms with Gasteiger partial charge in [-0.15, -0.1) is 0 Å². The van der Waals surface area contributed by atoms with E-state index in [-0.39, 0.29) is 0 Å². The fraction of sp³-hybridized carbons (Fsp3) is 0.500. The topological polar surface area (TPSA) is 45.0 Å². The first-order chi connectivity index (χ1) is 8.21. The maximum Gasteiger partial charge on any atom is 0.181 e. The summed E-state index contributed by atoms with van der Waals surface area (Å²) in [7, 11) is 0. The van der Waals surface area contributed by atoms with Gasteiger partial charge in [0.2, 0.25) is 0 Å². The number of benzene rings is 1. The minimum atomic E-state index is -0.406. The number of hydrogen-bond acceptors (Lipinski definition) is 3. The molecule has 17 heavy (non-hydrogen) atoms. The van der Waals surface area contributed by atoms with E-state index in [2.05, 4.69) is 31.3 Å². The fourth-order valence-corrected chi connectivity index (χ4v) is 1.75. The first kappa shape index (κ1) is 13.5. The molecule has 0 aromatic heterocycles. The summed E-state index contributed by atoms with van der Waals surface area (Å²) >= 11 is 0. The summed E-state index contributed by atoms with van der Waals surface area (Å²) in [5, 5.41) is 12.1. The highest BCUT2D eigenvalue weighted by Crippen LogP contribution is 2.20. The minimum Gasteiger partial charge on any atom is -0.476 e. The summed E-state index contributed by atoms with van der Waals surface area (Å²) in [4.78, 5) is 0. The molecule has 0 heterocycles. The predicted octanol–water partition coefficient (Wildman–Crippen LogP) is 3.04. The number of nitrogens with one attached hydrogen (secondary N) is 1. The smallest absolute Gasteiger partial charge is 0.181 e. The Morgan fingerprint density at radius 1 is 1.29 bits per heavy atom. The van der Waals surface area contributed by atoms with E-state index in [0.29, 0.717) is 6.04 Å². The standard InChI is InChI=1S/C14H20N2O/c1-4-14(16-5-2)12-6-8-13(9-7-12)17-11(3)10-15/h6-9,11,14,16H,4-5H2,1-3H3. The van der Waals surface area contributed by atoms with Crippen molar-refractivity contribution in [1.82, 2.24) is 5.32 Å². The number of rotatable bonds is 6. The third kappa shape index (κ3) is 4.08. The van der Waals surface area contributed by atoms with Crippen LogP contribution in [0.15, 0.2) is 24.3 Å². The molecule has 2 unspecified atom stereocenters. The molecule has 1 aromatic carbocycles. The third-order valence-corrected chi connectivity index (χ3v) is 2.64. The van der Waals surface area contributed by atoms with Gasteiger partial charge in [0.05, 0.1) is 0 Å². The van der Waals surface area contributed by atoms with Crippen LogP contribution in [0.2, 0.25) is 0 Å². The molecule has 0 fully saturated rings. The molecule has 3 nitrogen and oxygen atoms in total. The highest BCUT2D eigenvalue weighted by Gasteiger charge is 2.08. The molecule has 2 atom stereocenters. The Hall–Kier alpha value is -1.53. The van der Waals surface area contributed by atoms with E-state index in [0.717, 1.165) is 18.7 Å². The van der Waals surface area contributed by atoms with Crippen LogP contribution >= 0.6 is 0 Å². The maximum absolute atomic E-state index is 8.66. The Bertz CT molecular complexity index is 367. The Kier molecular flexibility index (Phi) is 5.51. The van der Waals surface area contributed by atoms with Crippen molar-refractivity contribution in [2.24, 2.45) is 0 Å². The highest BCUT2D eigenvalue weighted by atomic mass is 16.5. The molecule has 0 aliphatic rings. The first-order valence-electron chi connectivity index (χ1n) is 6.10. The lowest BCUT2D eigenvalue weighted by Crippen LogP contribution is -2.19. The molecule has 0 saturated heterocycles. The second kappa shape index (κ2) is 6.93. The summed E-state index contributed by atoms with van der Waals surface area (Å²) in [6.07, 6.45) is 0.652. The van der Waals surface area contributed by atoms with Gasteiger partial charge in [0.1, 0.15) is 11.8 Å². The van der Waals surface area contributed by atoms with Crippen LogP contribution in [0.25, 0.3) is 0 Å². The van der Waals surface area contributed by atoms with Crippen molar-refractivity contribution in [2.75, 3.05) is 6.54 Å². The van der Waals surface area contributed by atoms with Crippen LogP contribution in [0.3, 0.4) is 0 Å². The van der Waals surface area contributed by atoms with Gasteiger partial charge in [0.25, 0.3) is 0 Å². The monoisotopic (exact) mass is 232 g/mol. The van der Waals surface area contributed by atoms with Crippen molar-refractivity contribution in [2.45, 2.75) is 39.3 Å². The molecule has 0 aliphatic carbocycles. The highest BCUT2D eigenvalue weighted by molar-refractivity contribution is 5.29. The third-order valence-electron chi connectivity index (χ3n) is 2.64. The molecule has 0 radical (unpaired) electrons. The van der Waals surface area contributed by atoms with Gasteiger partial charge in [-0.2, -0.15) is 5.26 Å². The average Bonchev–Trinajstić information content (AvgIpc) is 2.37. The molecule has 92 valence electrons. The summed E-state index contributed by atoms with van der Waals surface area (Å²) in [5.41, 5.74) is 1.26. The van der Waals surface area contributed by atoms with E-state index < -0.39 is 6.10 Å². The Labute approximate surface area is 103 Å². The summed E-state index contributed by atoms with van der Waals surface area (Å²) in [5.74, 6) is 0.745. The van der Waals surface area contributed by atoms with E-state index in [4.69, 9.17) is 10.00 Å². The van der Waals surface area contributed by atoms with Crippen molar-refractivity contribution in [1.29, 1.82) is 5.26 Å². The van der Waals surface area contributed by atoms with Gasteiger partial charge in [0, 0.05) is 6.04 Å². The summed E-state index contributed by atoms with van der Waals surface area (Å²) in [6.45, 7) is 6.97. The summed E-state index contributed by atoms with van der Waals surface area (Å²) in [6, 6.07) is 10.4. The summed E-state index contributed by atoms with van der Waals surface area (Å²) < 4.78 is 5.41. The van der Waals surface area contributed by atoms with Crippen molar-refractivity contribution in [3.63, 3.8) is 0 Å². The van der Waals surface area contributed by atoms with Gasteiger partial charge in [-0.05, 0) is 37.6 Å². The molecule has 0 amide bonds. The van der Waals surface area contributed by atoms with E-state index in [1.54, 1.807) is 6.92 Å². The maximum atomic E-state index is 8.66. The number of hydrogen-bond donors (Lipinski definition) is 1. The molecule has 0 saturated carbocycles. The van der Waals surface area contributed by atoms with Crippen LogP contribution in [0.5, 0.6) is 5.75 Å². The van der Waals surface area contributed by atoms with Gasteiger partial charge < -0.3 is 10.1 Å². The molecule has 3 heteroatoms. The molecule has 0 bridgehead atoms. The molecular formula is C14H20N2O. The second-order valence-corrected chi connectivity index (χ2v) is 3.98. The zero-order valence-electron chi connectivity index (χ0n) is 10.7. The first-order valence-corrected chi connectivity index (χ1v) is 6.10. The normalized spacial score (nSPS) is 13.8. The van der Waals surface area contributed by atoms with Crippen molar-refractivity contribution in [3.8, 4) is 11.8 Å². The van der Waals surface area contributed by atoms with Gasteiger partial charge in [-0.1, -0.05) is 26.0 Å². The van der Waals surface area contributed by atoms with Crippen molar-refractivity contribution < 1.29 is 4.74 Å². The zero-order chi connectivity index (χ0) is 12.7. The van der Waals surface area contributed by atoms with Crippen LogP contribution in [-0.2, 0) is 0 Å². The van der Waals surface area contributed by atoms with Crippen LogP contribution in [0, 0.1) is 11.3 Å². The zero-order valence-corrected chi connectivity index (χ0v) is 10.7. The minimum absolute atomic E-state index is 0.391. The van der Waals surface area contributed by atoms with E-state index in [1.165, 1.54) is 5.56 Å². The molecular weight excluding hydrogens is 212 g/mol. The van der Waals surface area contributed by atoms with Gasteiger partial charge in [-0.3, -0.25) is 0 Å². The lowest BCUT2D eigenvalue weighted by molar-refractivity contribution is 0.276. The van der Waals surface area contributed by atoms with Gasteiger partial charge >= 0.3 is 0 Å². The fourth-order valence-electron chi connectivity index (χ4n) is 1.75. The Morgan fingerprint density at radius 3 is 2.41 bits per heavy atom. The van der Waals surface area contributed by atoms with E-state index >= 15 is 0 Å². The van der Waals surface area contributed by atoms with E-state index in [1.807, 2.05) is 18.2 Å². The van der Waals surface area contributed by atoms with Gasteiger partial charge in [0.15, 0.2) is 6.10 Å². The lowest BCUT2D eigenvalue weighted by Gasteiger charge is -2.16. The van der Waals surface area contributed by atoms with Crippen LogP contribution in [0.4, 0.5) is 0 Å². The van der Waals surface area contributed by atoms with E-state index in [9.17, 15) is 0 Å². The predicted molar refractivity (Wildman–Crippen MR) is 68.9 cm³/mol. The van der Waals surface area contributed by atoms with Crippen LogP contribution in [-0.4, -0.2) is 12.6 Å². The molecule has 1 N–H and O–H groups in total. The molecule has 0 spiro atoms. The van der Waals surface area contributed by atoms with Crippen molar-refractivity contribution in [3.05, 3.63) is 29.8 Å². The molecule has 0 aliphatic heterocycles. The Morgan fingerprint density at radius 2 is 1.94 bits per heavy atom. The SMILES string of the molecule is CCNC(CC)c1ccc(OC(C)C#N)cc1. The molecule has 1 aromatic rings. The lowest BCUT2D eigenvalue weighted by atomic mass is 10.0. The quantitative estimate of drug-likeness (QED) is 0.820. The number of nitriles is 1. The average molecular weight is 232 g/mol.